The number of pyridine rings is 1. The molecule has 3 aromatic heterocycles. The summed E-state index contributed by atoms with van der Waals surface area (Å²) in [5, 5.41) is 6.99. The Kier molecular flexibility index (Phi) is 4.70. The summed E-state index contributed by atoms with van der Waals surface area (Å²) in [6.45, 7) is 0. The molecule has 0 fully saturated rings. The van der Waals surface area contributed by atoms with Gasteiger partial charge in [-0.05, 0) is 42.0 Å². The summed E-state index contributed by atoms with van der Waals surface area (Å²) in [7, 11) is 0. The average molecular weight is 414 g/mol. The maximum atomic E-state index is 12.8. The van der Waals surface area contributed by atoms with Crippen LogP contribution in [0.25, 0.3) is 22.4 Å². The lowest BCUT2D eigenvalue weighted by molar-refractivity contribution is 0.102. The number of benzene rings is 2. The fourth-order valence-corrected chi connectivity index (χ4v) is 3.54. The number of nitrogens with one attached hydrogen (secondary N) is 1. The Morgan fingerprint density at radius 3 is 2.73 bits per heavy atom. The summed E-state index contributed by atoms with van der Waals surface area (Å²) in [4.78, 5) is 21.2. The van der Waals surface area contributed by atoms with Crippen molar-refractivity contribution < 1.29 is 9.32 Å². The maximum absolute atomic E-state index is 12.8. The number of carbonyl (C=O) groups is 1. The van der Waals surface area contributed by atoms with Gasteiger partial charge in [-0.25, -0.2) is 0 Å². The molecular weight excluding hydrogens is 400 g/mol. The number of fused-ring (bicyclic) bond motifs is 1. The zero-order valence-corrected chi connectivity index (χ0v) is 16.3. The molecule has 5 aromatic rings. The van der Waals surface area contributed by atoms with Crippen LogP contribution in [-0.2, 0) is 6.42 Å². The monoisotopic (exact) mass is 414 g/mol. The van der Waals surface area contributed by atoms with Crippen molar-refractivity contribution in [2.75, 3.05) is 5.32 Å². The van der Waals surface area contributed by atoms with Gasteiger partial charge in [0, 0.05) is 29.2 Å². The fraction of sp³-hybridized carbons (Fsp3) is 0.0476. The number of hydrogen-bond acceptors (Lipinski definition) is 8. The van der Waals surface area contributed by atoms with E-state index >= 15 is 0 Å². The Morgan fingerprint density at radius 2 is 1.83 bits per heavy atom. The van der Waals surface area contributed by atoms with Crippen LogP contribution < -0.4 is 5.32 Å². The summed E-state index contributed by atoms with van der Waals surface area (Å²) in [5.74, 6) is 0.734. The van der Waals surface area contributed by atoms with Crippen molar-refractivity contribution in [2.45, 2.75) is 6.42 Å². The highest BCUT2D eigenvalue weighted by Crippen LogP contribution is 2.22. The standard InChI is InChI=1S/C21H14N6O2S/c28-21(15-5-6-17-18(11-15)27-30-26-17)23-16-4-2-1-3-14(16)12-19-24-20(25-29-19)13-7-9-22-10-8-13/h1-11H,12H2,(H,23,28). The number of anilines is 1. The number of rotatable bonds is 5. The van der Waals surface area contributed by atoms with Gasteiger partial charge in [-0.15, -0.1) is 0 Å². The van der Waals surface area contributed by atoms with Crippen molar-refractivity contribution in [1.29, 1.82) is 0 Å². The molecule has 30 heavy (non-hydrogen) atoms. The summed E-state index contributed by atoms with van der Waals surface area (Å²) >= 11 is 1.12. The lowest BCUT2D eigenvalue weighted by Crippen LogP contribution is -2.13. The third-order valence-corrected chi connectivity index (χ3v) is 5.09. The van der Waals surface area contributed by atoms with Crippen LogP contribution in [0.4, 0.5) is 5.69 Å². The molecule has 0 atom stereocenters. The average Bonchev–Trinajstić information content (AvgIpc) is 3.44. The van der Waals surface area contributed by atoms with Gasteiger partial charge in [-0.3, -0.25) is 9.78 Å². The lowest BCUT2D eigenvalue weighted by Gasteiger charge is -2.10. The van der Waals surface area contributed by atoms with Crippen molar-refractivity contribution >= 4 is 34.4 Å². The molecule has 0 aliphatic rings. The normalized spacial score (nSPS) is 10.9. The molecule has 0 spiro atoms. The number of carbonyl (C=O) groups excluding carboxylic acids is 1. The van der Waals surface area contributed by atoms with E-state index in [9.17, 15) is 4.79 Å². The molecule has 8 nitrogen and oxygen atoms in total. The first kappa shape index (κ1) is 18.1. The highest BCUT2D eigenvalue weighted by Gasteiger charge is 2.14. The molecule has 146 valence electrons. The Bertz CT molecular complexity index is 1330. The third kappa shape index (κ3) is 3.65. The van der Waals surface area contributed by atoms with Crippen molar-refractivity contribution in [3.8, 4) is 11.4 Å². The molecule has 0 saturated carbocycles. The molecule has 0 saturated heterocycles. The molecule has 2 aromatic carbocycles. The van der Waals surface area contributed by atoms with Crippen LogP contribution in [0.2, 0.25) is 0 Å². The largest absolute Gasteiger partial charge is 0.339 e. The number of nitrogens with zero attached hydrogens (tertiary/aromatic N) is 5. The minimum atomic E-state index is -0.222. The van der Waals surface area contributed by atoms with E-state index in [0.29, 0.717) is 34.9 Å². The summed E-state index contributed by atoms with van der Waals surface area (Å²) in [6, 6.07) is 16.4. The van der Waals surface area contributed by atoms with Gasteiger partial charge in [-0.1, -0.05) is 23.4 Å². The first-order valence-corrected chi connectivity index (χ1v) is 9.84. The molecule has 1 N–H and O–H groups in total. The van der Waals surface area contributed by atoms with Crippen LogP contribution in [0.3, 0.4) is 0 Å². The lowest BCUT2D eigenvalue weighted by atomic mass is 10.1. The van der Waals surface area contributed by atoms with E-state index in [1.54, 1.807) is 30.6 Å². The number of para-hydroxylation sites is 1. The first-order valence-electron chi connectivity index (χ1n) is 9.11. The van der Waals surface area contributed by atoms with Crippen LogP contribution in [0.1, 0.15) is 21.8 Å². The second-order valence-electron chi connectivity index (χ2n) is 6.50. The molecular formula is C21H14N6O2S. The molecule has 0 bridgehead atoms. The van der Waals surface area contributed by atoms with E-state index in [1.165, 1.54) is 0 Å². The minimum Gasteiger partial charge on any atom is -0.339 e. The third-order valence-electron chi connectivity index (χ3n) is 4.53. The summed E-state index contributed by atoms with van der Waals surface area (Å²) in [6.07, 6.45) is 3.74. The van der Waals surface area contributed by atoms with Crippen LogP contribution in [0.5, 0.6) is 0 Å². The molecule has 1 amide bonds. The topological polar surface area (TPSA) is 107 Å². The molecule has 0 unspecified atom stereocenters. The quantitative estimate of drug-likeness (QED) is 0.463. The second-order valence-corrected chi connectivity index (χ2v) is 7.03. The van der Waals surface area contributed by atoms with E-state index in [2.05, 4.69) is 29.2 Å². The zero-order chi connectivity index (χ0) is 20.3. The Morgan fingerprint density at radius 1 is 1.00 bits per heavy atom. The van der Waals surface area contributed by atoms with Gasteiger partial charge in [0.1, 0.15) is 11.0 Å². The zero-order valence-electron chi connectivity index (χ0n) is 15.5. The Balaban J connectivity index is 1.36. The molecule has 0 aliphatic heterocycles. The van der Waals surface area contributed by atoms with E-state index in [-0.39, 0.29) is 5.91 Å². The van der Waals surface area contributed by atoms with Crippen LogP contribution in [0, 0.1) is 0 Å². The summed E-state index contributed by atoms with van der Waals surface area (Å²) < 4.78 is 13.7. The smallest absolute Gasteiger partial charge is 0.255 e. The van der Waals surface area contributed by atoms with Gasteiger partial charge in [-0.2, -0.15) is 13.7 Å². The van der Waals surface area contributed by atoms with Crippen molar-refractivity contribution in [2.24, 2.45) is 0 Å². The van der Waals surface area contributed by atoms with Crippen molar-refractivity contribution in [3.63, 3.8) is 0 Å². The van der Waals surface area contributed by atoms with Crippen LogP contribution in [-0.4, -0.2) is 29.8 Å². The predicted molar refractivity (Wildman–Crippen MR) is 112 cm³/mol. The van der Waals surface area contributed by atoms with Gasteiger partial charge in [0.25, 0.3) is 5.91 Å². The van der Waals surface area contributed by atoms with Crippen LogP contribution in [0.15, 0.2) is 71.5 Å². The molecule has 5 rings (SSSR count). The molecule has 0 aliphatic carbocycles. The van der Waals surface area contributed by atoms with E-state index in [1.807, 2.05) is 36.4 Å². The van der Waals surface area contributed by atoms with E-state index in [0.717, 1.165) is 28.4 Å². The SMILES string of the molecule is O=C(Nc1ccccc1Cc1nc(-c2ccncc2)no1)c1ccc2nsnc2c1. The number of amides is 1. The highest BCUT2D eigenvalue weighted by molar-refractivity contribution is 7.00. The van der Waals surface area contributed by atoms with Gasteiger partial charge < -0.3 is 9.84 Å². The van der Waals surface area contributed by atoms with Crippen molar-refractivity contribution in [1.82, 2.24) is 23.9 Å². The fourth-order valence-electron chi connectivity index (χ4n) is 3.02. The van der Waals surface area contributed by atoms with Gasteiger partial charge in [0.15, 0.2) is 0 Å². The first-order chi connectivity index (χ1) is 14.8. The highest BCUT2D eigenvalue weighted by atomic mass is 32.1. The van der Waals surface area contributed by atoms with E-state index < -0.39 is 0 Å². The Hall–Kier alpha value is -3.98. The van der Waals surface area contributed by atoms with Crippen molar-refractivity contribution in [3.05, 3.63) is 84.0 Å². The minimum absolute atomic E-state index is 0.222. The molecule has 0 radical (unpaired) electrons. The molecule has 9 heteroatoms. The summed E-state index contributed by atoms with van der Waals surface area (Å²) in [5.41, 5.74) is 4.37. The van der Waals surface area contributed by atoms with Gasteiger partial charge >= 0.3 is 0 Å². The Labute approximate surface area is 174 Å². The van der Waals surface area contributed by atoms with Crippen LogP contribution >= 0.6 is 11.7 Å². The maximum Gasteiger partial charge on any atom is 0.255 e. The second kappa shape index (κ2) is 7.80. The number of aromatic nitrogens is 5. The van der Waals surface area contributed by atoms with Gasteiger partial charge in [0.05, 0.1) is 18.1 Å². The van der Waals surface area contributed by atoms with Gasteiger partial charge in [0.2, 0.25) is 11.7 Å². The number of hydrogen-bond donors (Lipinski definition) is 1. The predicted octanol–water partition coefficient (Wildman–Crippen LogP) is 3.98. The molecule has 3 heterocycles. The van der Waals surface area contributed by atoms with E-state index in [4.69, 9.17) is 4.52 Å².